The Kier molecular flexibility index (Phi) is 6.23. The van der Waals surface area contributed by atoms with Crippen molar-refractivity contribution in [2.24, 2.45) is 0 Å². The van der Waals surface area contributed by atoms with E-state index in [0.29, 0.717) is 0 Å². The van der Waals surface area contributed by atoms with Gasteiger partial charge >= 0.3 is 0 Å². The molecule has 0 aliphatic rings. The van der Waals surface area contributed by atoms with E-state index in [0.717, 1.165) is 5.56 Å². The molecule has 2 unspecified atom stereocenters. The van der Waals surface area contributed by atoms with Crippen LogP contribution < -0.4 is 5.32 Å². The molecule has 3 nitrogen and oxygen atoms in total. The predicted octanol–water partition coefficient (Wildman–Crippen LogP) is 3.61. The van der Waals surface area contributed by atoms with Crippen molar-refractivity contribution in [3.8, 4) is 0 Å². The SMILES string of the molecule is CC(C(=O)Nc1ccccc1F)S(=O)CC=Cc1ccccc1. The largest absolute Gasteiger partial charge is 0.323 e. The average molecular weight is 331 g/mol. The fraction of sp³-hybridized carbons (Fsp3) is 0.167. The first-order valence-corrected chi connectivity index (χ1v) is 8.60. The number of carbonyl (C=O) groups is 1. The predicted molar refractivity (Wildman–Crippen MR) is 93.0 cm³/mol. The fourth-order valence-electron chi connectivity index (χ4n) is 1.90. The van der Waals surface area contributed by atoms with Gasteiger partial charge in [-0.15, -0.1) is 0 Å². The molecule has 0 radical (unpaired) electrons. The maximum atomic E-state index is 13.5. The summed E-state index contributed by atoms with van der Waals surface area (Å²) < 4.78 is 25.7. The Morgan fingerprint density at radius 1 is 1.17 bits per heavy atom. The number of amides is 1. The van der Waals surface area contributed by atoms with Gasteiger partial charge in [0.2, 0.25) is 5.91 Å². The molecule has 0 aromatic heterocycles. The van der Waals surface area contributed by atoms with Gasteiger partial charge in [-0.3, -0.25) is 9.00 Å². The third kappa shape index (κ3) is 5.14. The van der Waals surface area contributed by atoms with E-state index < -0.39 is 27.8 Å². The van der Waals surface area contributed by atoms with E-state index >= 15 is 0 Å². The summed E-state index contributed by atoms with van der Waals surface area (Å²) in [5.74, 6) is -0.704. The third-order valence-corrected chi connectivity index (χ3v) is 4.79. The molecule has 1 N–H and O–H groups in total. The first kappa shape index (κ1) is 17.1. The van der Waals surface area contributed by atoms with Crippen LogP contribution in [-0.4, -0.2) is 21.1 Å². The van der Waals surface area contributed by atoms with Crippen molar-refractivity contribution in [2.75, 3.05) is 11.1 Å². The monoisotopic (exact) mass is 331 g/mol. The topological polar surface area (TPSA) is 46.2 Å². The van der Waals surface area contributed by atoms with Crippen LogP contribution in [0.2, 0.25) is 0 Å². The van der Waals surface area contributed by atoms with Crippen LogP contribution in [0.3, 0.4) is 0 Å². The van der Waals surface area contributed by atoms with E-state index in [1.165, 1.54) is 12.1 Å². The van der Waals surface area contributed by atoms with Gasteiger partial charge in [0, 0.05) is 16.6 Å². The minimum absolute atomic E-state index is 0.0983. The second-order valence-electron chi connectivity index (χ2n) is 4.97. The van der Waals surface area contributed by atoms with Crippen LogP contribution in [0.4, 0.5) is 10.1 Å². The number of carbonyl (C=O) groups excluding carboxylic acids is 1. The minimum Gasteiger partial charge on any atom is -0.323 e. The Morgan fingerprint density at radius 3 is 2.52 bits per heavy atom. The fourth-order valence-corrected chi connectivity index (χ4v) is 2.78. The molecular weight excluding hydrogens is 313 g/mol. The van der Waals surface area contributed by atoms with Crippen LogP contribution >= 0.6 is 0 Å². The van der Waals surface area contributed by atoms with Crippen LogP contribution in [0.15, 0.2) is 60.7 Å². The molecule has 23 heavy (non-hydrogen) atoms. The van der Waals surface area contributed by atoms with Crippen molar-refractivity contribution >= 4 is 28.5 Å². The average Bonchev–Trinajstić information content (AvgIpc) is 2.57. The van der Waals surface area contributed by atoms with Crippen molar-refractivity contribution in [1.82, 2.24) is 0 Å². The standard InChI is InChI=1S/C18H18FNO2S/c1-14(18(21)20-17-12-6-5-11-16(17)19)23(22)13-7-10-15-8-3-2-4-9-15/h2-12,14H,13H2,1H3,(H,20,21). The molecule has 2 aromatic carbocycles. The van der Waals surface area contributed by atoms with Gasteiger partial charge < -0.3 is 5.32 Å². The maximum absolute atomic E-state index is 13.5. The molecule has 0 saturated carbocycles. The molecule has 0 aliphatic carbocycles. The van der Waals surface area contributed by atoms with Crippen molar-refractivity contribution in [2.45, 2.75) is 12.2 Å². The maximum Gasteiger partial charge on any atom is 0.239 e. The molecule has 0 spiro atoms. The quantitative estimate of drug-likeness (QED) is 0.879. The Hall–Kier alpha value is -2.27. The molecule has 0 saturated heterocycles. The van der Waals surface area contributed by atoms with Gasteiger partial charge in [-0.05, 0) is 24.6 Å². The van der Waals surface area contributed by atoms with Crippen molar-refractivity contribution in [3.05, 3.63) is 72.1 Å². The highest BCUT2D eigenvalue weighted by Gasteiger charge is 2.19. The number of para-hydroxylation sites is 1. The van der Waals surface area contributed by atoms with E-state index in [1.807, 2.05) is 36.4 Å². The second-order valence-corrected chi connectivity index (χ2v) is 6.77. The molecule has 120 valence electrons. The van der Waals surface area contributed by atoms with Crippen molar-refractivity contribution < 1.29 is 13.4 Å². The lowest BCUT2D eigenvalue weighted by atomic mass is 10.2. The zero-order valence-corrected chi connectivity index (χ0v) is 13.6. The van der Waals surface area contributed by atoms with Gasteiger partial charge in [0.05, 0.1) is 5.69 Å². The number of halogens is 1. The summed E-state index contributed by atoms with van der Waals surface area (Å²) in [6, 6.07) is 15.5. The molecule has 0 heterocycles. The Morgan fingerprint density at radius 2 is 1.83 bits per heavy atom. The Bertz CT molecular complexity index is 716. The molecule has 0 fully saturated rings. The van der Waals surface area contributed by atoms with Gasteiger partial charge in [-0.1, -0.05) is 54.6 Å². The van der Waals surface area contributed by atoms with E-state index in [1.54, 1.807) is 25.1 Å². The molecule has 2 rings (SSSR count). The zero-order valence-electron chi connectivity index (χ0n) is 12.7. The highest BCUT2D eigenvalue weighted by atomic mass is 32.2. The number of rotatable bonds is 6. The van der Waals surface area contributed by atoms with Crippen LogP contribution in [0.1, 0.15) is 12.5 Å². The van der Waals surface area contributed by atoms with Gasteiger partial charge in [-0.25, -0.2) is 4.39 Å². The third-order valence-electron chi connectivity index (χ3n) is 3.27. The Labute approximate surface area is 137 Å². The molecule has 1 amide bonds. The van der Waals surface area contributed by atoms with E-state index in [9.17, 15) is 13.4 Å². The summed E-state index contributed by atoms with van der Waals surface area (Å²) in [6.45, 7) is 1.57. The van der Waals surface area contributed by atoms with E-state index in [4.69, 9.17) is 0 Å². The lowest BCUT2D eigenvalue weighted by Gasteiger charge is -2.11. The molecular formula is C18H18FNO2S. The number of anilines is 1. The van der Waals surface area contributed by atoms with Gasteiger partial charge in [-0.2, -0.15) is 0 Å². The number of nitrogens with one attached hydrogen (secondary N) is 1. The molecule has 0 aliphatic heterocycles. The van der Waals surface area contributed by atoms with Crippen LogP contribution in [-0.2, 0) is 15.6 Å². The smallest absolute Gasteiger partial charge is 0.239 e. The molecule has 2 atom stereocenters. The van der Waals surface area contributed by atoms with Crippen molar-refractivity contribution in [3.63, 3.8) is 0 Å². The normalized spacial score (nSPS) is 13.7. The molecule has 0 bridgehead atoms. The van der Waals surface area contributed by atoms with Crippen LogP contribution in [0.5, 0.6) is 0 Å². The summed E-state index contributed by atoms with van der Waals surface area (Å²) in [7, 11) is -1.37. The number of hydrogen-bond acceptors (Lipinski definition) is 2. The summed E-state index contributed by atoms with van der Waals surface area (Å²) >= 11 is 0. The minimum atomic E-state index is -1.37. The molecule has 2 aromatic rings. The van der Waals surface area contributed by atoms with E-state index in [2.05, 4.69) is 5.32 Å². The van der Waals surface area contributed by atoms with E-state index in [-0.39, 0.29) is 11.4 Å². The van der Waals surface area contributed by atoms with Gasteiger partial charge in [0.25, 0.3) is 0 Å². The highest BCUT2D eigenvalue weighted by molar-refractivity contribution is 7.86. The first-order chi connectivity index (χ1) is 11.1. The first-order valence-electron chi connectivity index (χ1n) is 7.22. The summed E-state index contributed by atoms with van der Waals surface area (Å²) in [5, 5.41) is 1.74. The summed E-state index contributed by atoms with van der Waals surface area (Å²) in [5.41, 5.74) is 1.11. The molecule has 5 heteroatoms. The van der Waals surface area contributed by atoms with Crippen LogP contribution in [0, 0.1) is 5.82 Å². The number of hydrogen-bond donors (Lipinski definition) is 1. The second kappa shape index (κ2) is 8.39. The van der Waals surface area contributed by atoms with Gasteiger partial charge in [0.15, 0.2) is 0 Å². The Balaban J connectivity index is 1.90. The lowest BCUT2D eigenvalue weighted by Crippen LogP contribution is -2.30. The van der Waals surface area contributed by atoms with Gasteiger partial charge in [0.1, 0.15) is 11.1 Å². The lowest BCUT2D eigenvalue weighted by molar-refractivity contribution is -0.115. The summed E-state index contributed by atoms with van der Waals surface area (Å²) in [4.78, 5) is 12.0. The number of benzene rings is 2. The highest BCUT2D eigenvalue weighted by Crippen LogP contribution is 2.13. The van der Waals surface area contributed by atoms with Crippen LogP contribution in [0.25, 0.3) is 6.08 Å². The van der Waals surface area contributed by atoms with Crippen molar-refractivity contribution in [1.29, 1.82) is 0 Å². The zero-order chi connectivity index (χ0) is 16.7. The summed E-state index contributed by atoms with van der Waals surface area (Å²) in [6.07, 6.45) is 3.64.